The topological polar surface area (TPSA) is 66.8 Å². The molecule has 5 nitrogen and oxygen atoms in total. The van der Waals surface area contributed by atoms with Crippen LogP contribution in [-0.4, -0.2) is 19.2 Å². The summed E-state index contributed by atoms with van der Waals surface area (Å²) in [6.45, 7) is 2.59. The van der Waals surface area contributed by atoms with Crippen molar-refractivity contribution < 1.29 is 5.11 Å². The fourth-order valence-electron chi connectivity index (χ4n) is 3.82. The lowest BCUT2D eigenvalue weighted by molar-refractivity contribution is 0.271. The second kappa shape index (κ2) is 8.74. The first-order valence-electron chi connectivity index (χ1n) is 10.1. The zero-order valence-electron chi connectivity index (χ0n) is 16.8. The van der Waals surface area contributed by atoms with Crippen molar-refractivity contribution in [2.24, 2.45) is 0 Å². The number of nitrogens with zero attached hydrogens (tertiary/aromatic N) is 4. The molecule has 0 bridgehead atoms. The second-order valence-electron chi connectivity index (χ2n) is 7.32. The predicted molar refractivity (Wildman–Crippen MR) is 119 cm³/mol. The largest absolute Gasteiger partial charge is 0.390 e. The molecule has 2 aromatic carbocycles. The van der Waals surface area contributed by atoms with Crippen LogP contribution in [0.5, 0.6) is 0 Å². The third kappa shape index (κ3) is 3.72. The van der Waals surface area contributed by atoms with Crippen molar-refractivity contribution in [2.75, 3.05) is 0 Å². The molecule has 30 heavy (non-hydrogen) atoms. The molecule has 0 amide bonds. The van der Waals surface area contributed by atoms with Crippen molar-refractivity contribution in [1.82, 2.24) is 14.1 Å². The lowest BCUT2D eigenvalue weighted by Crippen LogP contribution is -2.09. The highest BCUT2D eigenvalue weighted by Crippen LogP contribution is 2.25. The van der Waals surface area contributed by atoms with Gasteiger partial charge in [-0.15, -0.1) is 0 Å². The van der Waals surface area contributed by atoms with Gasteiger partial charge in [0.1, 0.15) is 17.6 Å². The van der Waals surface area contributed by atoms with Crippen molar-refractivity contribution >= 4 is 22.5 Å². The maximum Gasteiger partial charge on any atom is 0.152 e. The Labute approximate surface area is 180 Å². The van der Waals surface area contributed by atoms with E-state index in [2.05, 4.69) is 18.0 Å². The van der Waals surface area contributed by atoms with Gasteiger partial charge in [0.2, 0.25) is 0 Å². The van der Waals surface area contributed by atoms with E-state index in [4.69, 9.17) is 11.6 Å². The minimum atomic E-state index is -0.142. The van der Waals surface area contributed by atoms with E-state index in [1.54, 1.807) is 0 Å². The van der Waals surface area contributed by atoms with Gasteiger partial charge in [-0.1, -0.05) is 55.3 Å². The number of aryl methyl sites for hydroxylation is 1. The summed E-state index contributed by atoms with van der Waals surface area (Å²) in [6, 6.07) is 20.3. The van der Waals surface area contributed by atoms with Crippen molar-refractivity contribution in [2.45, 2.75) is 39.3 Å². The highest BCUT2D eigenvalue weighted by molar-refractivity contribution is 6.30. The molecule has 0 saturated heterocycles. The van der Waals surface area contributed by atoms with Crippen molar-refractivity contribution in [3.8, 4) is 11.8 Å². The monoisotopic (exact) mass is 418 g/mol. The van der Waals surface area contributed by atoms with Gasteiger partial charge in [-0.05, 0) is 36.2 Å². The standard InChI is InChI=1S/C24H23ClN4O/c1-2-3-8-23-27-24(25)22(16-30)28(23)15-17-9-11-19(12-10-17)29-20(14-26)13-18-6-4-5-7-21(18)29/h4-7,9-13,30H,2-3,8,15-16H2,1H3. The van der Waals surface area contributed by atoms with Crippen LogP contribution in [0.2, 0.25) is 5.15 Å². The summed E-state index contributed by atoms with van der Waals surface area (Å²) >= 11 is 6.25. The number of halogens is 1. The molecule has 0 radical (unpaired) electrons. The smallest absolute Gasteiger partial charge is 0.152 e. The van der Waals surface area contributed by atoms with Crippen LogP contribution in [0.4, 0.5) is 0 Å². The quantitative estimate of drug-likeness (QED) is 0.446. The number of aliphatic hydroxyl groups is 1. The van der Waals surface area contributed by atoms with Crippen LogP contribution >= 0.6 is 11.6 Å². The lowest BCUT2D eigenvalue weighted by Gasteiger charge is -2.13. The summed E-state index contributed by atoms with van der Waals surface area (Å²) in [5.74, 6) is 0.901. The average molecular weight is 419 g/mol. The van der Waals surface area contributed by atoms with E-state index in [9.17, 15) is 10.4 Å². The highest BCUT2D eigenvalue weighted by Gasteiger charge is 2.15. The third-order valence-corrected chi connectivity index (χ3v) is 5.67. The van der Waals surface area contributed by atoms with Crippen LogP contribution in [0.15, 0.2) is 54.6 Å². The van der Waals surface area contributed by atoms with E-state index in [1.165, 1.54) is 0 Å². The maximum absolute atomic E-state index is 9.76. The minimum Gasteiger partial charge on any atom is -0.390 e. The number of para-hydroxylation sites is 1. The lowest BCUT2D eigenvalue weighted by atomic mass is 10.2. The molecule has 152 valence electrons. The number of aliphatic hydroxyl groups excluding tert-OH is 1. The maximum atomic E-state index is 9.76. The van der Waals surface area contributed by atoms with E-state index >= 15 is 0 Å². The molecule has 2 heterocycles. The van der Waals surface area contributed by atoms with Gasteiger partial charge in [0.15, 0.2) is 5.15 Å². The van der Waals surface area contributed by atoms with E-state index in [1.807, 2.05) is 63.7 Å². The predicted octanol–water partition coefficient (Wildman–Crippen LogP) is 5.24. The summed E-state index contributed by atoms with van der Waals surface area (Å²) in [4.78, 5) is 4.46. The molecule has 0 saturated carbocycles. The van der Waals surface area contributed by atoms with Gasteiger partial charge in [-0.25, -0.2) is 4.98 Å². The van der Waals surface area contributed by atoms with Gasteiger partial charge in [-0.3, -0.25) is 0 Å². The molecule has 6 heteroatoms. The number of rotatable bonds is 7. The molecule has 0 unspecified atom stereocenters. The Morgan fingerprint density at radius 2 is 1.90 bits per heavy atom. The van der Waals surface area contributed by atoms with Crippen LogP contribution in [-0.2, 0) is 19.6 Å². The fourth-order valence-corrected chi connectivity index (χ4v) is 4.08. The number of fused-ring (bicyclic) bond motifs is 1. The van der Waals surface area contributed by atoms with Crippen molar-refractivity contribution in [3.63, 3.8) is 0 Å². The Morgan fingerprint density at radius 1 is 1.13 bits per heavy atom. The van der Waals surface area contributed by atoms with Gasteiger partial charge in [-0.2, -0.15) is 5.26 Å². The zero-order valence-corrected chi connectivity index (χ0v) is 17.6. The molecule has 4 aromatic rings. The number of benzene rings is 2. The Balaban J connectivity index is 1.67. The SMILES string of the molecule is CCCCc1nc(Cl)c(CO)n1Cc1ccc(-n2c(C#N)cc3ccccc32)cc1. The van der Waals surface area contributed by atoms with E-state index in [-0.39, 0.29) is 6.61 Å². The van der Waals surface area contributed by atoms with Crippen LogP contribution in [0.1, 0.15) is 42.5 Å². The van der Waals surface area contributed by atoms with Crippen LogP contribution in [0, 0.1) is 11.3 Å². The number of aromatic nitrogens is 3. The highest BCUT2D eigenvalue weighted by atomic mass is 35.5. The van der Waals surface area contributed by atoms with E-state index < -0.39 is 0 Å². The van der Waals surface area contributed by atoms with Gasteiger partial charge in [0.05, 0.1) is 17.8 Å². The van der Waals surface area contributed by atoms with E-state index in [0.29, 0.717) is 23.1 Å². The molecule has 0 spiro atoms. The van der Waals surface area contributed by atoms with Crippen LogP contribution in [0.3, 0.4) is 0 Å². The number of hydrogen-bond donors (Lipinski definition) is 1. The molecule has 0 aliphatic carbocycles. The summed E-state index contributed by atoms with van der Waals surface area (Å²) in [7, 11) is 0. The molecule has 2 aromatic heterocycles. The van der Waals surface area contributed by atoms with Crippen molar-refractivity contribution in [1.29, 1.82) is 5.26 Å². The Morgan fingerprint density at radius 3 is 2.60 bits per heavy atom. The molecule has 0 atom stereocenters. The molecule has 1 N–H and O–H groups in total. The number of nitriles is 1. The third-order valence-electron chi connectivity index (χ3n) is 5.37. The molecule has 4 rings (SSSR count). The zero-order chi connectivity index (χ0) is 21.1. The summed E-state index contributed by atoms with van der Waals surface area (Å²) < 4.78 is 3.98. The van der Waals surface area contributed by atoms with Gasteiger partial charge >= 0.3 is 0 Å². The summed E-state index contributed by atoms with van der Waals surface area (Å²) in [5.41, 5.74) is 4.28. The molecule has 0 aliphatic rings. The number of hydrogen-bond acceptors (Lipinski definition) is 3. The van der Waals surface area contributed by atoms with Gasteiger partial charge in [0, 0.05) is 24.0 Å². The van der Waals surface area contributed by atoms with Gasteiger partial charge < -0.3 is 14.2 Å². The Bertz CT molecular complexity index is 1210. The molecule has 0 fully saturated rings. The fraction of sp³-hybridized carbons (Fsp3) is 0.250. The minimum absolute atomic E-state index is 0.142. The first-order chi connectivity index (χ1) is 14.7. The van der Waals surface area contributed by atoms with Gasteiger partial charge in [0.25, 0.3) is 0 Å². The van der Waals surface area contributed by atoms with Crippen molar-refractivity contribution in [3.05, 3.63) is 82.5 Å². The molecule has 0 aliphatic heterocycles. The number of unbranched alkanes of at least 4 members (excludes halogenated alkanes) is 1. The molecular weight excluding hydrogens is 396 g/mol. The number of imidazole rings is 1. The van der Waals surface area contributed by atoms with E-state index in [0.717, 1.165) is 47.2 Å². The Hall–Kier alpha value is -3.07. The first-order valence-corrected chi connectivity index (χ1v) is 10.5. The van der Waals surface area contributed by atoms with Crippen LogP contribution in [0.25, 0.3) is 16.6 Å². The normalized spacial score (nSPS) is 11.1. The first kappa shape index (κ1) is 20.2. The molecular formula is C24H23ClN4O. The van der Waals surface area contributed by atoms with Crippen LogP contribution < -0.4 is 0 Å². The summed E-state index contributed by atoms with van der Waals surface area (Å²) in [6.07, 6.45) is 2.92. The Kier molecular flexibility index (Phi) is 5.89. The summed E-state index contributed by atoms with van der Waals surface area (Å²) in [5, 5.41) is 20.8. The second-order valence-corrected chi connectivity index (χ2v) is 7.67. The average Bonchev–Trinajstić information content (AvgIpc) is 3.29.